The van der Waals surface area contributed by atoms with Gasteiger partial charge in [-0.1, -0.05) is 0 Å². The summed E-state index contributed by atoms with van der Waals surface area (Å²) in [7, 11) is 0. The number of rotatable bonds is 3. The van der Waals surface area contributed by atoms with Gasteiger partial charge in [-0.3, -0.25) is 4.98 Å². The number of H-pyrrole nitrogens is 1. The first-order valence-corrected chi connectivity index (χ1v) is 5.55. The molecule has 0 spiro atoms. The molecule has 1 atom stereocenters. The van der Waals surface area contributed by atoms with E-state index < -0.39 is 0 Å². The van der Waals surface area contributed by atoms with Crippen LogP contribution in [0.2, 0.25) is 0 Å². The van der Waals surface area contributed by atoms with Gasteiger partial charge in [0.2, 0.25) is 5.95 Å². The Hall–Kier alpha value is -2.18. The predicted octanol–water partition coefficient (Wildman–Crippen LogP) is 0.285. The molecule has 7 nitrogen and oxygen atoms in total. The summed E-state index contributed by atoms with van der Waals surface area (Å²) in [5, 5.41) is 9.91. The van der Waals surface area contributed by atoms with Crippen LogP contribution in [0.15, 0.2) is 24.9 Å². The molecule has 7 heteroatoms. The lowest BCUT2D eigenvalue weighted by molar-refractivity contribution is 0.792. The molecular formula is C10H13N7. The highest BCUT2D eigenvalue weighted by Crippen LogP contribution is 2.18. The minimum absolute atomic E-state index is 0.366. The van der Waals surface area contributed by atoms with Crippen molar-refractivity contribution in [1.29, 1.82) is 0 Å². The largest absolute Gasteiger partial charge is 0.353 e. The summed E-state index contributed by atoms with van der Waals surface area (Å²) < 4.78 is 0. The lowest BCUT2D eigenvalue weighted by Gasteiger charge is -2.16. The molecule has 17 heavy (non-hydrogen) atoms. The van der Waals surface area contributed by atoms with Gasteiger partial charge in [0.25, 0.3) is 0 Å². The van der Waals surface area contributed by atoms with E-state index in [0.29, 0.717) is 6.04 Å². The summed E-state index contributed by atoms with van der Waals surface area (Å²) in [5.74, 6) is 1.64. The molecule has 1 saturated heterocycles. The van der Waals surface area contributed by atoms with Crippen LogP contribution in [0.4, 0.5) is 11.8 Å². The zero-order valence-electron chi connectivity index (χ0n) is 9.24. The highest BCUT2D eigenvalue weighted by Gasteiger charge is 2.23. The Balaban J connectivity index is 1.62. The molecule has 0 bridgehead atoms. The molecule has 2 aromatic heterocycles. The summed E-state index contributed by atoms with van der Waals surface area (Å²) in [6, 6.07) is 0.366. The van der Waals surface area contributed by atoms with Gasteiger partial charge >= 0.3 is 0 Å². The molecule has 3 heterocycles. The van der Waals surface area contributed by atoms with Crippen molar-refractivity contribution >= 4 is 11.8 Å². The maximum Gasteiger partial charge on any atom is 0.218 e. The first-order chi connectivity index (χ1) is 8.42. The summed E-state index contributed by atoms with van der Waals surface area (Å²) in [6.07, 6.45) is 7.74. The molecule has 0 radical (unpaired) electrons. The summed E-state index contributed by atoms with van der Waals surface area (Å²) in [6.45, 7) is 1.88. The fourth-order valence-electron chi connectivity index (χ4n) is 2.01. The third-order valence-electron chi connectivity index (χ3n) is 2.82. The molecule has 1 fully saturated rings. The maximum atomic E-state index is 4.29. The Morgan fingerprint density at radius 1 is 1.35 bits per heavy atom. The Labute approximate surface area is 98.3 Å². The van der Waals surface area contributed by atoms with E-state index in [2.05, 4.69) is 35.4 Å². The van der Waals surface area contributed by atoms with Crippen LogP contribution >= 0.6 is 0 Å². The van der Waals surface area contributed by atoms with Crippen molar-refractivity contribution in [3.05, 3.63) is 24.9 Å². The maximum absolute atomic E-state index is 4.29. The minimum atomic E-state index is 0.366. The van der Waals surface area contributed by atoms with Gasteiger partial charge in [0.05, 0.1) is 6.20 Å². The molecule has 2 aromatic rings. The number of nitrogens with zero attached hydrogens (tertiary/aromatic N) is 5. The molecule has 88 valence electrons. The quantitative estimate of drug-likeness (QED) is 0.789. The Morgan fingerprint density at radius 2 is 2.35 bits per heavy atom. The van der Waals surface area contributed by atoms with Crippen molar-refractivity contribution in [2.45, 2.75) is 12.5 Å². The SMILES string of the molecule is c1cnc(N2CCC(Nc3ncn[nH]3)C2)cn1. The van der Waals surface area contributed by atoms with E-state index in [1.54, 1.807) is 18.6 Å². The topological polar surface area (TPSA) is 82.6 Å². The molecule has 2 N–H and O–H groups in total. The monoisotopic (exact) mass is 231 g/mol. The lowest BCUT2D eigenvalue weighted by Crippen LogP contribution is -2.27. The normalized spacial score (nSPS) is 19.5. The fourth-order valence-corrected chi connectivity index (χ4v) is 2.01. The van der Waals surface area contributed by atoms with E-state index in [-0.39, 0.29) is 0 Å². The van der Waals surface area contributed by atoms with E-state index >= 15 is 0 Å². The van der Waals surface area contributed by atoms with Crippen molar-refractivity contribution in [3.63, 3.8) is 0 Å². The van der Waals surface area contributed by atoms with E-state index in [1.807, 2.05) is 0 Å². The van der Waals surface area contributed by atoms with Crippen LogP contribution in [0.3, 0.4) is 0 Å². The summed E-state index contributed by atoms with van der Waals surface area (Å²) in [4.78, 5) is 14.6. The average Bonchev–Trinajstić information content (AvgIpc) is 3.02. The lowest BCUT2D eigenvalue weighted by atomic mass is 10.3. The third-order valence-corrected chi connectivity index (χ3v) is 2.82. The van der Waals surface area contributed by atoms with Crippen LogP contribution in [-0.4, -0.2) is 44.3 Å². The highest BCUT2D eigenvalue weighted by molar-refractivity contribution is 5.39. The summed E-state index contributed by atoms with van der Waals surface area (Å²) >= 11 is 0. The van der Waals surface area contributed by atoms with Gasteiger partial charge in [0.1, 0.15) is 12.1 Å². The van der Waals surface area contributed by atoms with E-state index in [9.17, 15) is 0 Å². The number of aromatic nitrogens is 5. The van der Waals surface area contributed by atoms with Crippen molar-refractivity contribution in [1.82, 2.24) is 25.1 Å². The first-order valence-electron chi connectivity index (χ1n) is 5.55. The van der Waals surface area contributed by atoms with Gasteiger partial charge in [0, 0.05) is 31.5 Å². The van der Waals surface area contributed by atoms with Crippen LogP contribution in [-0.2, 0) is 0 Å². The van der Waals surface area contributed by atoms with Gasteiger partial charge in [-0.05, 0) is 6.42 Å². The molecule has 0 aliphatic carbocycles. The van der Waals surface area contributed by atoms with E-state index in [4.69, 9.17) is 0 Å². The molecule has 3 rings (SSSR count). The number of aromatic amines is 1. The molecule has 0 saturated carbocycles. The Bertz CT molecular complexity index is 455. The van der Waals surface area contributed by atoms with Crippen molar-refractivity contribution in [2.75, 3.05) is 23.3 Å². The van der Waals surface area contributed by atoms with E-state index in [1.165, 1.54) is 6.33 Å². The molecular weight excluding hydrogens is 218 g/mol. The smallest absolute Gasteiger partial charge is 0.218 e. The second kappa shape index (κ2) is 4.36. The standard InChI is InChI=1S/C10H13N7/c1-4-17(9-5-11-2-3-12-9)6-8(1)15-10-13-7-14-16-10/h2-3,5,7-8H,1,4,6H2,(H2,13,14,15,16). The molecule has 1 unspecified atom stereocenters. The molecule has 1 aliphatic heterocycles. The third kappa shape index (κ3) is 2.17. The molecule has 1 aliphatic rings. The second-order valence-electron chi connectivity index (χ2n) is 3.97. The minimum Gasteiger partial charge on any atom is -0.353 e. The van der Waals surface area contributed by atoms with Crippen molar-refractivity contribution in [2.24, 2.45) is 0 Å². The number of hydrogen-bond donors (Lipinski definition) is 2. The van der Waals surface area contributed by atoms with Gasteiger partial charge in [-0.25, -0.2) is 15.1 Å². The van der Waals surface area contributed by atoms with E-state index in [0.717, 1.165) is 31.3 Å². The number of hydrogen-bond acceptors (Lipinski definition) is 6. The number of nitrogens with one attached hydrogen (secondary N) is 2. The van der Waals surface area contributed by atoms with Gasteiger partial charge in [0.15, 0.2) is 0 Å². The van der Waals surface area contributed by atoms with Crippen LogP contribution < -0.4 is 10.2 Å². The van der Waals surface area contributed by atoms with Gasteiger partial charge in [-0.15, -0.1) is 0 Å². The van der Waals surface area contributed by atoms with Gasteiger partial charge in [-0.2, -0.15) is 5.10 Å². The first kappa shape index (κ1) is 10.0. The second-order valence-corrected chi connectivity index (χ2v) is 3.97. The van der Waals surface area contributed by atoms with Crippen molar-refractivity contribution < 1.29 is 0 Å². The molecule has 0 amide bonds. The predicted molar refractivity (Wildman–Crippen MR) is 62.7 cm³/mol. The number of anilines is 2. The summed E-state index contributed by atoms with van der Waals surface area (Å²) in [5.41, 5.74) is 0. The zero-order chi connectivity index (χ0) is 11.5. The van der Waals surface area contributed by atoms with Crippen LogP contribution in [0.1, 0.15) is 6.42 Å². The fraction of sp³-hybridized carbons (Fsp3) is 0.400. The van der Waals surface area contributed by atoms with Crippen LogP contribution in [0, 0.1) is 0 Å². The van der Waals surface area contributed by atoms with Gasteiger partial charge < -0.3 is 10.2 Å². The average molecular weight is 231 g/mol. The Morgan fingerprint density at radius 3 is 3.12 bits per heavy atom. The van der Waals surface area contributed by atoms with Crippen molar-refractivity contribution in [3.8, 4) is 0 Å². The molecule has 0 aromatic carbocycles. The van der Waals surface area contributed by atoms with Crippen LogP contribution in [0.25, 0.3) is 0 Å². The van der Waals surface area contributed by atoms with Crippen LogP contribution in [0.5, 0.6) is 0 Å². The Kier molecular flexibility index (Phi) is 2.57. The highest BCUT2D eigenvalue weighted by atomic mass is 15.3. The zero-order valence-corrected chi connectivity index (χ0v) is 9.24.